The topological polar surface area (TPSA) is 46.6 Å². The van der Waals surface area contributed by atoms with Crippen LogP contribution in [0.4, 0.5) is 0 Å². The normalized spacial score (nSPS) is 14.6. The lowest BCUT2D eigenvalue weighted by Gasteiger charge is -2.25. The van der Waals surface area contributed by atoms with Gasteiger partial charge >= 0.3 is 0 Å². The van der Waals surface area contributed by atoms with Crippen molar-refractivity contribution >= 4 is 22.8 Å². The summed E-state index contributed by atoms with van der Waals surface area (Å²) in [4.78, 5) is 26.1. The fourth-order valence-electron chi connectivity index (χ4n) is 1.49. The number of benzene rings is 1. The van der Waals surface area contributed by atoms with Gasteiger partial charge in [0, 0.05) is 13.3 Å². The highest BCUT2D eigenvalue weighted by Crippen LogP contribution is 2.15. The molecule has 1 aromatic carbocycles. The monoisotopic (exact) mass is 269 g/mol. The number of hydrogen-bond acceptors (Lipinski definition) is 3. The fraction of sp³-hybridized carbons (Fsp3) is 0.385. The minimum absolute atomic E-state index is 0.0834. The average Bonchev–Trinajstić information content (AvgIpc) is 2.33. The molecule has 0 aromatic heterocycles. The van der Waals surface area contributed by atoms with Crippen LogP contribution in [0.25, 0.3) is 0 Å². The molecular formula is C13H16ClNO3. The first kappa shape index (κ1) is 14.5. The quantitative estimate of drug-likeness (QED) is 0.776. The molecule has 0 N–H and O–H groups in total. The number of piperidine rings is 1. The molecule has 1 heterocycles. The van der Waals surface area contributed by atoms with E-state index in [1.165, 1.54) is 12.0 Å². The van der Waals surface area contributed by atoms with Crippen LogP contribution in [0.3, 0.4) is 0 Å². The number of hydrogen-bond donors (Lipinski definition) is 0. The van der Waals surface area contributed by atoms with Gasteiger partial charge in [-0.15, -0.1) is 0 Å². The zero-order valence-electron chi connectivity index (χ0n) is 10.3. The van der Waals surface area contributed by atoms with E-state index in [1.54, 1.807) is 0 Å². The van der Waals surface area contributed by atoms with E-state index >= 15 is 0 Å². The van der Waals surface area contributed by atoms with E-state index in [9.17, 15) is 9.59 Å². The van der Waals surface area contributed by atoms with Gasteiger partial charge in [0.05, 0.1) is 6.54 Å². The number of carbonyl (C=O) groups excluding carboxylic acids is 2. The molecular weight excluding hydrogens is 254 g/mol. The minimum Gasteiger partial charge on any atom is -0.377 e. The van der Waals surface area contributed by atoms with E-state index in [2.05, 4.69) is 11.6 Å². The Kier molecular flexibility index (Phi) is 6.22. The van der Waals surface area contributed by atoms with Crippen LogP contribution in [-0.2, 0) is 9.59 Å². The van der Waals surface area contributed by atoms with Crippen LogP contribution in [0.5, 0.6) is 5.75 Å². The highest BCUT2D eigenvalue weighted by atomic mass is 35.5. The standard InChI is InChI=1S/C11H13NO2.C2H3ClO/c13-11-8-4-5-9-12(11)14-10-6-2-1-3-7-10;1-2(3)4/h1-3,6-7H,4-5,8-9H2;1H3. The SMILES string of the molecule is CC(=O)Cl.O=C1CCCCN1Oc1ccccc1. The summed E-state index contributed by atoms with van der Waals surface area (Å²) in [5.74, 6) is 0.808. The lowest BCUT2D eigenvalue weighted by molar-refractivity contribution is -0.161. The Bertz CT molecular complexity index is 390. The van der Waals surface area contributed by atoms with Crippen molar-refractivity contribution < 1.29 is 14.4 Å². The number of carbonyl (C=O) groups is 2. The van der Waals surface area contributed by atoms with E-state index in [4.69, 9.17) is 4.84 Å². The Morgan fingerprint density at radius 1 is 1.28 bits per heavy atom. The first-order chi connectivity index (χ1) is 8.59. The van der Waals surface area contributed by atoms with Gasteiger partial charge in [-0.1, -0.05) is 18.2 Å². The summed E-state index contributed by atoms with van der Waals surface area (Å²) in [7, 11) is 0. The maximum absolute atomic E-state index is 11.4. The van der Waals surface area contributed by atoms with E-state index in [0.29, 0.717) is 13.0 Å². The number of para-hydroxylation sites is 1. The molecule has 4 nitrogen and oxygen atoms in total. The molecule has 0 saturated carbocycles. The molecule has 2 rings (SSSR count). The molecule has 98 valence electrons. The number of halogens is 1. The van der Waals surface area contributed by atoms with Crippen LogP contribution in [0.1, 0.15) is 26.2 Å². The Morgan fingerprint density at radius 3 is 2.44 bits per heavy atom. The van der Waals surface area contributed by atoms with Crippen molar-refractivity contribution in [1.82, 2.24) is 5.06 Å². The van der Waals surface area contributed by atoms with Crippen LogP contribution >= 0.6 is 11.6 Å². The van der Waals surface area contributed by atoms with E-state index < -0.39 is 0 Å². The summed E-state index contributed by atoms with van der Waals surface area (Å²) in [6.07, 6.45) is 2.61. The van der Waals surface area contributed by atoms with Gasteiger partial charge in [-0.2, -0.15) is 5.06 Å². The van der Waals surface area contributed by atoms with Crippen LogP contribution in [0.15, 0.2) is 30.3 Å². The second-order valence-corrected chi connectivity index (χ2v) is 4.36. The maximum Gasteiger partial charge on any atom is 0.255 e. The van der Waals surface area contributed by atoms with Gasteiger partial charge in [0.2, 0.25) is 5.24 Å². The lowest BCUT2D eigenvalue weighted by atomic mass is 10.1. The van der Waals surface area contributed by atoms with Gasteiger partial charge in [0.25, 0.3) is 5.91 Å². The number of hydroxylamine groups is 2. The molecule has 0 atom stereocenters. The maximum atomic E-state index is 11.4. The molecule has 1 saturated heterocycles. The average molecular weight is 270 g/mol. The molecule has 0 spiro atoms. The summed E-state index contributed by atoms with van der Waals surface area (Å²) >= 11 is 4.64. The molecule has 0 aliphatic carbocycles. The van der Waals surface area contributed by atoms with Gasteiger partial charge in [-0.05, 0) is 36.6 Å². The van der Waals surface area contributed by atoms with Crippen molar-refractivity contribution in [3.8, 4) is 5.75 Å². The van der Waals surface area contributed by atoms with Crippen molar-refractivity contribution in [3.63, 3.8) is 0 Å². The number of amides is 1. The highest BCUT2D eigenvalue weighted by molar-refractivity contribution is 6.62. The van der Waals surface area contributed by atoms with Crippen molar-refractivity contribution in [2.24, 2.45) is 0 Å². The molecule has 0 radical (unpaired) electrons. The molecule has 5 heteroatoms. The smallest absolute Gasteiger partial charge is 0.255 e. The summed E-state index contributed by atoms with van der Waals surface area (Å²) in [5, 5.41) is 1.10. The summed E-state index contributed by atoms with van der Waals surface area (Å²) in [6.45, 7) is 2.00. The molecule has 0 bridgehead atoms. The van der Waals surface area contributed by atoms with Crippen molar-refractivity contribution in [3.05, 3.63) is 30.3 Å². The summed E-state index contributed by atoms with van der Waals surface area (Å²) in [6, 6.07) is 9.40. The Morgan fingerprint density at radius 2 is 1.89 bits per heavy atom. The summed E-state index contributed by atoms with van der Waals surface area (Å²) in [5.41, 5.74) is 0. The number of nitrogens with zero attached hydrogens (tertiary/aromatic N) is 1. The second-order valence-electron chi connectivity index (χ2n) is 3.83. The summed E-state index contributed by atoms with van der Waals surface area (Å²) < 4.78 is 0. The predicted octanol–water partition coefficient (Wildman–Crippen LogP) is 2.76. The highest BCUT2D eigenvalue weighted by Gasteiger charge is 2.19. The Hall–Kier alpha value is -1.55. The van der Waals surface area contributed by atoms with Gasteiger partial charge < -0.3 is 4.84 Å². The van der Waals surface area contributed by atoms with E-state index in [-0.39, 0.29) is 11.1 Å². The zero-order chi connectivity index (χ0) is 13.4. The van der Waals surface area contributed by atoms with Crippen molar-refractivity contribution in [1.29, 1.82) is 0 Å². The second kappa shape index (κ2) is 7.71. The fourth-order valence-corrected chi connectivity index (χ4v) is 1.49. The van der Waals surface area contributed by atoms with Crippen molar-refractivity contribution in [2.75, 3.05) is 6.54 Å². The van der Waals surface area contributed by atoms with Gasteiger partial charge in [-0.3, -0.25) is 9.59 Å². The third-order valence-corrected chi connectivity index (χ3v) is 2.24. The molecule has 1 aromatic rings. The molecule has 1 aliphatic heterocycles. The van der Waals surface area contributed by atoms with E-state index in [1.807, 2.05) is 30.3 Å². The molecule has 18 heavy (non-hydrogen) atoms. The zero-order valence-corrected chi connectivity index (χ0v) is 11.0. The lowest BCUT2D eigenvalue weighted by Crippen LogP contribution is -2.37. The van der Waals surface area contributed by atoms with Crippen LogP contribution < -0.4 is 4.84 Å². The number of rotatable bonds is 2. The molecule has 0 unspecified atom stereocenters. The van der Waals surface area contributed by atoms with Crippen LogP contribution in [0, 0.1) is 0 Å². The van der Waals surface area contributed by atoms with Gasteiger partial charge in [0.15, 0.2) is 5.75 Å². The van der Waals surface area contributed by atoms with Gasteiger partial charge in [-0.25, -0.2) is 0 Å². The van der Waals surface area contributed by atoms with Crippen LogP contribution in [0.2, 0.25) is 0 Å². The first-order valence-electron chi connectivity index (χ1n) is 5.79. The molecule has 1 aliphatic rings. The predicted molar refractivity (Wildman–Crippen MR) is 69.2 cm³/mol. The van der Waals surface area contributed by atoms with Crippen LogP contribution in [-0.4, -0.2) is 22.8 Å². The molecule has 1 fully saturated rings. The van der Waals surface area contributed by atoms with E-state index in [0.717, 1.165) is 18.6 Å². The van der Waals surface area contributed by atoms with Crippen molar-refractivity contribution in [2.45, 2.75) is 26.2 Å². The third-order valence-electron chi connectivity index (χ3n) is 2.24. The van der Waals surface area contributed by atoms with Gasteiger partial charge in [0.1, 0.15) is 0 Å². The first-order valence-corrected chi connectivity index (χ1v) is 6.17. The largest absolute Gasteiger partial charge is 0.377 e. The minimum atomic E-state index is -0.361. The Balaban J connectivity index is 0.000000357. The molecule has 1 amide bonds. The Labute approximate surface area is 111 Å². The third kappa shape index (κ3) is 5.68.